The van der Waals surface area contributed by atoms with E-state index in [0.717, 1.165) is 17.1 Å². The summed E-state index contributed by atoms with van der Waals surface area (Å²) in [5.41, 5.74) is 3.95. The lowest BCUT2D eigenvalue weighted by molar-refractivity contribution is -0.384. The lowest BCUT2D eigenvalue weighted by atomic mass is 10.1. The van der Waals surface area contributed by atoms with Crippen molar-refractivity contribution >= 4 is 11.5 Å². The van der Waals surface area contributed by atoms with Crippen LogP contribution in [0, 0.1) is 24.0 Å². The van der Waals surface area contributed by atoms with E-state index in [1.54, 1.807) is 12.1 Å². The number of para-hydroxylation sites is 1. The molecule has 0 unspecified atom stereocenters. The number of nitro groups is 1. The van der Waals surface area contributed by atoms with E-state index >= 15 is 0 Å². The smallest absolute Gasteiger partial charge is 0.270 e. The number of hydrogen-bond donors (Lipinski definition) is 0. The van der Waals surface area contributed by atoms with Crippen molar-refractivity contribution in [2.45, 2.75) is 20.4 Å². The Morgan fingerprint density at radius 1 is 1.07 bits per heavy atom. The predicted octanol–water partition coefficient (Wildman–Crippen LogP) is 4.14. The summed E-state index contributed by atoms with van der Waals surface area (Å²) in [6, 6.07) is 17.8. The Morgan fingerprint density at radius 2 is 1.83 bits per heavy atom. The second-order valence-electron chi connectivity index (χ2n) is 6.95. The van der Waals surface area contributed by atoms with Crippen LogP contribution >= 0.6 is 0 Å². The summed E-state index contributed by atoms with van der Waals surface area (Å²) >= 11 is 0. The molecule has 2 aromatic heterocycles. The molecule has 4 aromatic rings. The second kappa shape index (κ2) is 7.75. The molecule has 0 aliphatic carbocycles. The third-order valence-corrected chi connectivity index (χ3v) is 4.90. The van der Waals surface area contributed by atoms with Gasteiger partial charge in [-0.1, -0.05) is 30.3 Å². The van der Waals surface area contributed by atoms with Gasteiger partial charge in [0.2, 0.25) is 0 Å². The number of hydrogen-bond acceptors (Lipinski definition) is 5. The van der Waals surface area contributed by atoms with Crippen LogP contribution in [0.25, 0.3) is 17.1 Å². The first-order valence-corrected chi connectivity index (χ1v) is 9.36. The monoisotopic (exact) mass is 401 g/mol. The Labute approximate surface area is 172 Å². The van der Waals surface area contributed by atoms with Gasteiger partial charge < -0.3 is 4.57 Å². The highest BCUT2D eigenvalue weighted by Crippen LogP contribution is 2.23. The molecule has 0 N–H and O–H groups in total. The predicted molar refractivity (Wildman–Crippen MR) is 112 cm³/mol. The van der Waals surface area contributed by atoms with Crippen molar-refractivity contribution in [3.05, 3.63) is 94.1 Å². The van der Waals surface area contributed by atoms with E-state index in [2.05, 4.69) is 10.1 Å². The summed E-state index contributed by atoms with van der Waals surface area (Å²) in [5.74, 6) is 0.252. The molecule has 0 saturated carbocycles. The second-order valence-corrected chi connectivity index (χ2v) is 6.95. The number of aromatic nitrogens is 4. The number of carbonyl (C=O) groups is 1. The van der Waals surface area contributed by atoms with Crippen LogP contribution < -0.4 is 0 Å². The van der Waals surface area contributed by atoms with Crippen molar-refractivity contribution in [2.24, 2.45) is 0 Å². The van der Waals surface area contributed by atoms with Gasteiger partial charge in [0, 0.05) is 40.3 Å². The minimum atomic E-state index is -0.466. The van der Waals surface area contributed by atoms with Gasteiger partial charge in [0.1, 0.15) is 12.9 Å². The van der Waals surface area contributed by atoms with Crippen molar-refractivity contribution < 1.29 is 9.72 Å². The van der Waals surface area contributed by atoms with Gasteiger partial charge in [-0.15, -0.1) is 0 Å². The van der Waals surface area contributed by atoms with Crippen LogP contribution in [0.15, 0.2) is 67.0 Å². The summed E-state index contributed by atoms with van der Waals surface area (Å²) in [4.78, 5) is 27.6. The summed E-state index contributed by atoms with van der Waals surface area (Å²) in [5, 5.41) is 15.3. The van der Waals surface area contributed by atoms with E-state index in [0.29, 0.717) is 17.0 Å². The number of nitrogens with zero attached hydrogens (tertiary/aromatic N) is 5. The SMILES string of the molecule is Cc1cc(C(=O)Cn2cnc(-c3cccc([N+](=O)[O-])c3)n2)c(C)n1-c1ccccc1. The van der Waals surface area contributed by atoms with Crippen molar-refractivity contribution in [1.82, 2.24) is 19.3 Å². The Kier molecular flexibility index (Phi) is 4.97. The topological polar surface area (TPSA) is 95.8 Å². The maximum atomic E-state index is 12.9. The summed E-state index contributed by atoms with van der Waals surface area (Å²) in [6.07, 6.45) is 1.46. The van der Waals surface area contributed by atoms with Crippen molar-refractivity contribution in [3.63, 3.8) is 0 Å². The number of Topliss-reactive ketones (excluding diaryl/α,β-unsaturated/α-hetero) is 1. The average molecular weight is 401 g/mol. The zero-order valence-electron chi connectivity index (χ0n) is 16.5. The van der Waals surface area contributed by atoms with Crippen LogP contribution in [0.1, 0.15) is 21.7 Å². The minimum Gasteiger partial charge on any atom is -0.318 e. The highest BCUT2D eigenvalue weighted by atomic mass is 16.6. The lowest BCUT2D eigenvalue weighted by Gasteiger charge is -2.09. The van der Waals surface area contributed by atoms with Crippen LogP contribution in [0.3, 0.4) is 0 Å². The first-order valence-electron chi connectivity index (χ1n) is 9.36. The Hall–Kier alpha value is -4.07. The largest absolute Gasteiger partial charge is 0.318 e. The molecular formula is C22H19N5O3. The molecule has 2 aromatic carbocycles. The van der Waals surface area contributed by atoms with Gasteiger partial charge >= 0.3 is 0 Å². The summed E-state index contributed by atoms with van der Waals surface area (Å²) < 4.78 is 3.49. The van der Waals surface area contributed by atoms with E-state index in [1.165, 1.54) is 23.1 Å². The molecule has 0 spiro atoms. The Balaban J connectivity index is 1.57. The van der Waals surface area contributed by atoms with Gasteiger partial charge in [0.25, 0.3) is 5.69 Å². The van der Waals surface area contributed by atoms with Crippen molar-refractivity contribution in [3.8, 4) is 17.1 Å². The molecular weight excluding hydrogens is 382 g/mol. The average Bonchev–Trinajstić information content (AvgIpc) is 3.32. The molecule has 8 heteroatoms. The zero-order chi connectivity index (χ0) is 21.3. The molecule has 150 valence electrons. The number of nitro benzene ring substituents is 1. The fraction of sp³-hybridized carbons (Fsp3) is 0.136. The maximum absolute atomic E-state index is 12.9. The third-order valence-electron chi connectivity index (χ3n) is 4.90. The van der Waals surface area contributed by atoms with Crippen LogP contribution in [0.2, 0.25) is 0 Å². The highest BCUT2D eigenvalue weighted by molar-refractivity contribution is 5.97. The van der Waals surface area contributed by atoms with E-state index in [-0.39, 0.29) is 18.0 Å². The molecule has 30 heavy (non-hydrogen) atoms. The first kappa shape index (κ1) is 19.3. The molecule has 0 atom stereocenters. The van der Waals surface area contributed by atoms with E-state index < -0.39 is 4.92 Å². The molecule has 0 amide bonds. The van der Waals surface area contributed by atoms with Gasteiger partial charge in [-0.25, -0.2) is 9.67 Å². The van der Waals surface area contributed by atoms with Gasteiger partial charge in [-0.05, 0) is 32.0 Å². The molecule has 8 nitrogen and oxygen atoms in total. The minimum absolute atomic E-state index is 0.0288. The van der Waals surface area contributed by atoms with Crippen molar-refractivity contribution in [1.29, 1.82) is 0 Å². The maximum Gasteiger partial charge on any atom is 0.270 e. The number of rotatable bonds is 6. The number of non-ortho nitro benzene ring substituents is 1. The fourth-order valence-corrected chi connectivity index (χ4v) is 3.51. The zero-order valence-corrected chi connectivity index (χ0v) is 16.5. The number of benzene rings is 2. The summed E-state index contributed by atoms with van der Waals surface area (Å²) in [7, 11) is 0. The van der Waals surface area contributed by atoms with Gasteiger partial charge in [0.05, 0.1) is 4.92 Å². The van der Waals surface area contributed by atoms with Crippen LogP contribution in [-0.2, 0) is 6.54 Å². The standard InChI is InChI=1S/C22H19N5O3/c1-15-11-20(16(2)26(15)18-8-4-3-5-9-18)21(28)13-25-14-23-22(24-25)17-7-6-10-19(12-17)27(29)30/h3-12,14H,13H2,1-2H3. The number of aryl methyl sites for hydroxylation is 1. The normalized spacial score (nSPS) is 10.9. The van der Waals surface area contributed by atoms with Crippen LogP contribution in [0.5, 0.6) is 0 Å². The highest BCUT2D eigenvalue weighted by Gasteiger charge is 2.18. The molecule has 0 radical (unpaired) electrons. The molecule has 0 fully saturated rings. The quantitative estimate of drug-likeness (QED) is 0.275. The molecule has 0 bridgehead atoms. The Bertz CT molecular complexity index is 1240. The number of carbonyl (C=O) groups excluding carboxylic acids is 1. The fourth-order valence-electron chi connectivity index (χ4n) is 3.51. The van der Waals surface area contributed by atoms with Crippen LogP contribution in [-0.4, -0.2) is 30.0 Å². The number of ketones is 1. The van der Waals surface area contributed by atoms with E-state index in [9.17, 15) is 14.9 Å². The van der Waals surface area contributed by atoms with Crippen LogP contribution in [0.4, 0.5) is 5.69 Å². The van der Waals surface area contributed by atoms with E-state index in [1.807, 2.05) is 54.8 Å². The van der Waals surface area contributed by atoms with Gasteiger partial charge in [-0.2, -0.15) is 5.10 Å². The van der Waals surface area contributed by atoms with Crippen molar-refractivity contribution in [2.75, 3.05) is 0 Å². The molecule has 0 saturated heterocycles. The Morgan fingerprint density at radius 3 is 2.57 bits per heavy atom. The summed E-state index contributed by atoms with van der Waals surface area (Å²) in [6.45, 7) is 3.91. The third kappa shape index (κ3) is 3.62. The van der Waals surface area contributed by atoms with E-state index in [4.69, 9.17) is 0 Å². The molecule has 0 aliphatic heterocycles. The van der Waals surface area contributed by atoms with Gasteiger partial charge in [-0.3, -0.25) is 14.9 Å². The molecule has 4 rings (SSSR count). The molecule has 2 heterocycles. The van der Waals surface area contributed by atoms with Gasteiger partial charge in [0.15, 0.2) is 11.6 Å². The lowest BCUT2D eigenvalue weighted by Crippen LogP contribution is -2.12. The first-order chi connectivity index (χ1) is 14.4. The molecule has 0 aliphatic rings.